The van der Waals surface area contributed by atoms with E-state index in [0.717, 1.165) is 12.8 Å². The zero-order valence-corrected chi connectivity index (χ0v) is 14.4. The Morgan fingerprint density at radius 2 is 1.28 bits per heavy atom. The van der Waals surface area contributed by atoms with Gasteiger partial charge in [0.1, 0.15) is 0 Å². The van der Waals surface area contributed by atoms with Gasteiger partial charge < -0.3 is 0 Å². The van der Waals surface area contributed by atoms with Gasteiger partial charge in [0.2, 0.25) is 0 Å². The minimum atomic E-state index is -0.133. The molecule has 2 aliphatic heterocycles. The van der Waals surface area contributed by atoms with Crippen LogP contribution in [0.4, 0.5) is 0 Å². The van der Waals surface area contributed by atoms with Gasteiger partial charge in [0, 0.05) is 10.8 Å². The summed E-state index contributed by atoms with van der Waals surface area (Å²) in [5.41, 5.74) is 0.995. The average Bonchev–Trinajstić information content (AvgIpc) is 2.90. The Morgan fingerprint density at radius 1 is 0.760 bits per heavy atom. The van der Waals surface area contributed by atoms with E-state index in [1.807, 2.05) is 39.7 Å². The molecule has 5 nitrogen and oxygen atoms in total. The van der Waals surface area contributed by atoms with Crippen LogP contribution in [0.5, 0.6) is 0 Å². The molecule has 5 heteroatoms. The molecule has 0 saturated heterocycles. The normalized spacial score (nSPS) is 37.8. The highest BCUT2D eigenvalue weighted by atomic mass is 16.2. The van der Waals surface area contributed by atoms with E-state index in [4.69, 9.17) is 0 Å². The van der Waals surface area contributed by atoms with Crippen molar-refractivity contribution in [3.05, 3.63) is 51.3 Å². The van der Waals surface area contributed by atoms with Gasteiger partial charge in [-0.3, -0.25) is 0 Å². The van der Waals surface area contributed by atoms with Crippen LogP contribution in [0, 0.1) is 10.8 Å². The molecular weight excluding hydrogens is 314 g/mol. The third-order valence-corrected chi connectivity index (χ3v) is 8.11. The van der Waals surface area contributed by atoms with Crippen molar-refractivity contribution in [3.8, 4) is 5.69 Å². The van der Waals surface area contributed by atoms with Crippen LogP contribution < -0.4 is 11.4 Å². The van der Waals surface area contributed by atoms with Crippen LogP contribution in [0.1, 0.15) is 63.5 Å². The molecule has 130 valence electrons. The van der Waals surface area contributed by atoms with E-state index in [9.17, 15) is 9.59 Å². The molecule has 7 rings (SSSR count). The number of fused-ring (bicyclic) bond motifs is 1. The van der Waals surface area contributed by atoms with E-state index in [-0.39, 0.29) is 34.3 Å². The Morgan fingerprint density at radius 3 is 1.76 bits per heavy atom. The first-order valence-corrected chi connectivity index (χ1v) is 9.71. The molecule has 0 spiro atoms. The minimum Gasteiger partial charge on any atom is -0.245 e. The largest absolute Gasteiger partial charge is 0.352 e. The van der Waals surface area contributed by atoms with Crippen LogP contribution in [0.3, 0.4) is 0 Å². The zero-order chi connectivity index (χ0) is 16.8. The highest BCUT2D eigenvalue weighted by molar-refractivity contribution is 5.31. The van der Waals surface area contributed by atoms with E-state index in [0.29, 0.717) is 5.69 Å². The smallest absolute Gasteiger partial charge is 0.245 e. The summed E-state index contributed by atoms with van der Waals surface area (Å²) < 4.78 is 5.13. The van der Waals surface area contributed by atoms with Crippen LogP contribution >= 0.6 is 0 Å². The molecule has 3 heterocycles. The molecule has 3 saturated carbocycles. The third kappa shape index (κ3) is 1.37. The summed E-state index contributed by atoms with van der Waals surface area (Å²) in [5.74, 6) is 0. The van der Waals surface area contributed by atoms with E-state index in [1.165, 1.54) is 43.1 Å². The lowest BCUT2D eigenvalue weighted by molar-refractivity contribution is -0.242. The van der Waals surface area contributed by atoms with Crippen molar-refractivity contribution in [2.75, 3.05) is 0 Å². The van der Waals surface area contributed by atoms with Crippen molar-refractivity contribution in [1.82, 2.24) is 13.9 Å². The number of aromatic nitrogens is 3. The van der Waals surface area contributed by atoms with Crippen molar-refractivity contribution in [3.63, 3.8) is 0 Å². The molecule has 3 aliphatic carbocycles. The SMILES string of the molecule is O=c1n(-c2ccccc2)c(=O)n2n1[C@H]1CC[C@@H]2[C@]23CCCC[C@]12CC3. The fraction of sp³-hybridized carbons (Fsp3) is 0.600. The molecule has 2 bridgehead atoms. The predicted molar refractivity (Wildman–Crippen MR) is 94.2 cm³/mol. The summed E-state index contributed by atoms with van der Waals surface area (Å²) >= 11 is 0. The lowest BCUT2D eigenvalue weighted by atomic mass is 9.36. The Kier molecular flexibility index (Phi) is 2.48. The first-order chi connectivity index (χ1) is 12.2. The van der Waals surface area contributed by atoms with Crippen molar-refractivity contribution in [2.45, 2.75) is 63.5 Å². The highest BCUT2D eigenvalue weighted by Crippen LogP contribution is 2.77. The van der Waals surface area contributed by atoms with Crippen molar-refractivity contribution in [2.24, 2.45) is 10.8 Å². The number of para-hydroxylation sites is 1. The van der Waals surface area contributed by atoms with Crippen LogP contribution in [0.2, 0.25) is 0 Å². The predicted octanol–water partition coefficient (Wildman–Crippen LogP) is 3.03. The molecule has 5 aliphatic rings. The summed E-state index contributed by atoms with van der Waals surface area (Å²) in [7, 11) is 0. The quantitative estimate of drug-likeness (QED) is 0.803. The molecular formula is C20H23N3O2. The molecule has 4 atom stereocenters. The van der Waals surface area contributed by atoms with Gasteiger partial charge in [-0.05, 0) is 50.7 Å². The number of nitrogens with zero attached hydrogens (tertiary/aromatic N) is 3. The van der Waals surface area contributed by atoms with Crippen LogP contribution in [-0.2, 0) is 0 Å². The van der Waals surface area contributed by atoms with E-state index in [1.54, 1.807) is 0 Å². The molecule has 0 unspecified atom stereocenters. The highest BCUT2D eigenvalue weighted by Gasteiger charge is 2.72. The molecule has 0 amide bonds. The molecule has 0 radical (unpaired) electrons. The summed E-state index contributed by atoms with van der Waals surface area (Å²) in [4.78, 5) is 26.5. The van der Waals surface area contributed by atoms with Crippen LogP contribution in [0.15, 0.2) is 39.9 Å². The summed E-state index contributed by atoms with van der Waals surface area (Å²) in [6.45, 7) is 0. The fourth-order valence-electron chi connectivity index (χ4n) is 7.14. The number of rotatable bonds is 1. The monoisotopic (exact) mass is 337 g/mol. The number of benzene rings is 1. The lowest BCUT2D eigenvalue weighted by Gasteiger charge is -2.73. The van der Waals surface area contributed by atoms with Crippen LogP contribution in [-0.4, -0.2) is 13.9 Å². The standard InChI is InChI=1S/C20H23N3O2/c24-17-21(14-6-2-1-3-7-14)18(25)23-16-9-8-15(22(17)23)19-10-4-5-11-20(16,19)13-12-19/h1-3,6-7,15-16H,4-5,8-13H2/t15-,16+,19-,20+. The van der Waals surface area contributed by atoms with E-state index < -0.39 is 0 Å². The zero-order valence-electron chi connectivity index (χ0n) is 14.4. The summed E-state index contributed by atoms with van der Waals surface area (Å²) in [6, 6.07) is 9.84. The molecule has 2 aromatic rings. The second-order valence-corrected chi connectivity index (χ2v) is 8.55. The maximum Gasteiger partial charge on any atom is 0.352 e. The number of hydrogen-bond donors (Lipinski definition) is 0. The lowest BCUT2D eigenvalue weighted by Crippen LogP contribution is -2.69. The number of hydrogen-bond acceptors (Lipinski definition) is 2. The second kappa shape index (κ2) is 4.37. The minimum absolute atomic E-state index is 0.133. The Bertz CT molecular complexity index is 925. The van der Waals surface area contributed by atoms with Gasteiger partial charge in [-0.25, -0.2) is 23.5 Å². The van der Waals surface area contributed by atoms with Gasteiger partial charge in [-0.15, -0.1) is 0 Å². The van der Waals surface area contributed by atoms with Crippen LogP contribution in [0.25, 0.3) is 5.69 Å². The third-order valence-electron chi connectivity index (χ3n) is 8.11. The first kappa shape index (κ1) is 14.2. The van der Waals surface area contributed by atoms with Gasteiger partial charge in [0.15, 0.2) is 0 Å². The maximum absolute atomic E-state index is 13.3. The molecule has 0 N–H and O–H groups in total. The Balaban J connectivity index is 1.65. The molecule has 1 aromatic heterocycles. The topological polar surface area (TPSA) is 48.9 Å². The summed E-state index contributed by atoms with van der Waals surface area (Å²) in [6.07, 6.45) is 9.65. The van der Waals surface area contributed by atoms with Gasteiger partial charge in [-0.2, -0.15) is 0 Å². The van der Waals surface area contributed by atoms with Crippen molar-refractivity contribution >= 4 is 0 Å². The van der Waals surface area contributed by atoms with E-state index >= 15 is 0 Å². The molecule has 3 fully saturated rings. The van der Waals surface area contributed by atoms with Crippen molar-refractivity contribution in [1.29, 1.82) is 0 Å². The summed E-state index contributed by atoms with van der Waals surface area (Å²) in [5, 5.41) is 0. The van der Waals surface area contributed by atoms with Crippen molar-refractivity contribution < 1.29 is 0 Å². The average molecular weight is 337 g/mol. The first-order valence-electron chi connectivity index (χ1n) is 9.71. The Labute approximate surface area is 145 Å². The molecule has 1 aromatic carbocycles. The second-order valence-electron chi connectivity index (χ2n) is 8.55. The van der Waals surface area contributed by atoms with Gasteiger partial charge in [0.05, 0.1) is 17.8 Å². The fourth-order valence-corrected chi connectivity index (χ4v) is 7.14. The van der Waals surface area contributed by atoms with Gasteiger partial charge in [-0.1, -0.05) is 31.0 Å². The Hall–Kier alpha value is -2.04. The molecule has 25 heavy (non-hydrogen) atoms. The maximum atomic E-state index is 13.3. The van der Waals surface area contributed by atoms with Gasteiger partial charge >= 0.3 is 11.4 Å². The van der Waals surface area contributed by atoms with E-state index in [2.05, 4.69) is 0 Å². The van der Waals surface area contributed by atoms with Gasteiger partial charge in [0.25, 0.3) is 0 Å².